The Balaban J connectivity index is 2.44. The lowest BCUT2D eigenvalue weighted by Crippen LogP contribution is -2.67. The van der Waals surface area contributed by atoms with E-state index < -0.39 is 18.0 Å². The van der Waals surface area contributed by atoms with Crippen molar-refractivity contribution in [2.24, 2.45) is 5.92 Å². The molecule has 0 spiro atoms. The Morgan fingerprint density at radius 3 is 1.55 bits per heavy atom. The summed E-state index contributed by atoms with van der Waals surface area (Å²) in [5, 5.41) is 27.1. The van der Waals surface area contributed by atoms with Crippen molar-refractivity contribution in [2.45, 2.75) is 115 Å². The van der Waals surface area contributed by atoms with E-state index in [9.17, 15) is 19.8 Å². The molecule has 2 saturated heterocycles. The number of carboxylic acid groups (broad SMARTS) is 2. The molecule has 2 heterocycles. The molecule has 29 heavy (non-hydrogen) atoms. The molecule has 0 radical (unpaired) electrons. The van der Waals surface area contributed by atoms with Crippen molar-refractivity contribution in [1.82, 2.24) is 15.5 Å². The highest BCUT2D eigenvalue weighted by Gasteiger charge is 2.49. The van der Waals surface area contributed by atoms with Crippen LogP contribution in [-0.2, 0) is 9.59 Å². The van der Waals surface area contributed by atoms with E-state index in [1.165, 1.54) is 0 Å². The van der Waals surface area contributed by atoms with Crippen LogP contribution in [0.3, 0.4) is 0 Å². The van der Waals surface area contributed by atoms with E-state index in [1.54, 1.807) is 4.90 Å². The minimum absolute atomic E-state index is 0.112. The van der Waals surface area contributed by atoms with E-state index in [1.807, 2.05) is 0 Å². The Labute approximate surface area is 175 Å². The van der Waals surface area contributed by atoms with Crippen LogP contribution in [0.2, 0.25) is 0 Å². The average Bonchev–Trinajstić information content (AvgIpc) is 2.38. The predicted octanol–water partition coefficient (Wildman–Crippen LogP) is 2.69. The lowest BCUT2D eigenvalue weighted by Gasteiger charge is -2.53. The van der Waals surface area contributed by atoms with E-state index >= 15 is 0 Å². The first-order valence-electron chi connectivity index (χ1n) is 10.7. The topological polar surface area (TPSA) is 102 Å². The Morgan fingerprint density at radius 2 is 1.21 bits per heavy atom. The molecule has 1 unspecified atom stereocenters. The van der Waals surface area contributed by atoms with Crippen LogP contribution >= 0.6 is 0 Å². The van der Waals surface area contributed by atoms with Crippen LogP contribution in [0.5, 0.6) is 0 Å². The van der Waals surface area contributed by atoms with Crippen LogP contribution in [-0.4, -0.2) is 67.8 Å². The maximum atomic E-state index is 12.5. The van der Waals surface area contributed by atoms with Crippen LogP contribution in [0, 0.1) is 5.92 Å². The van der Waals surface area contributed by atoms with Crippen molar-refractivity contribution < 1.29 is 19.8 Å². The number of carbonyl (C=O) groups is 2. The van der Waals surface area contributed by atoms with Crippen molar-refractivity contribution >= 4 is 11.9 Å². The van der Waals surface area contributed by atoms with Crippen LogP contribution < -0.4 is 10.6 Å². The van der Waals surface area contributed by atoms with Gasteiger partial charge in [-0.3, -0.25) is 14.5 Å². The van der Waals surface area contributed by atoms with Gasteiger partial charge in [0.25, 0.3) is 0 Å². The number of nitrogens with zero attached hydrogens (tertiary/aromatic N) is 1. The molecule has 0 aromatic heterocycles. The molecule has 4 N–H and O–H groups in total. The summed E-state index contributed by atoms with van der Waals surface area (Å²) in [7, 11) is 0. The zero-order valence-corrected chi connectivity index (χ0v) is 19.4. The van der Waals surface area contributed by atoms with Crippen LogP contribution in [0.4, 0.5) is 0 Å². The van der Waals surface area contributed by atoms with Gasteiger partial charge in [-0.15, -0.1) is 0 Å². The van der Waals surface area contributed by atoms with Crippen LogP contribution in [0.1, 0.15) is 81.1 Å². The van der Waals surface area contributed by atoms with E-state index in [2.05, 4.69) is 66.0 Å². The minimum Gasteiger partial charge on any atom is -0.480 e. The smallest absolute Gasteiger partial charge is 0.321 e. The maximum Gasteiger partial charge on any atom is 0.321 e. The molecule has 2 aliphatic heterocycles. The fourth-order valence-electron chi connectivity index (χ4n) is 6.35. The van der Waals surface area contributed by atoms with Crippen molar-refractivity contribution in [3.8, 4) is 0 Å². The van der Waals surface area contributed by atoms with Gasteiger partial charge in [0.2, 0.25) is 0 Å². The predicted molar refractivity (Wildman–Crippen MR) is 114 cm³/mol. The second-order valence-electron chi connectivity index (χ2n) is 11.9. The molecule has 0 aliphatic carbocycles. The molecule has 2 rings (SSSR count). The Bertz CT molecular complexity index is 610. The van der Waals surface area contributed by atoms with Crippen molar-refractivity contribution in [3.05, 3.63) is 0 Å². The van der Waals surface area contributed by atoms with Crippen LogP contribution in [0.15, 0.2) is 0 Å². The van der Waals surface area contributed by atoms with Gasteiger partial charge in [0, 0.05) is 28.2 Å². The molecule has 0 aromatic carbocycles. The molecule has 168 valence electrons. The Morgan fingerprint density at radius 1 is 0.828 bits per heavy atom. The molecule has 0 amide bonds. The summed E-state index contributed by atoms with van der Waals surface area (Å²) in [4.78, 5) is 26.1. The van der Waals surface area contributed by atoms with Gasteiger partial charge in [-0.05, 0) is 87.0 Å². The second-order valence-corrected chi connectivity index (χ2v) is 11.9. The number of nitrogens with one attached hydrogen (secondary N) is 2. The summed E-state index contributed by atoms with van der Waals surface area (Å²) in [6.45, 7) is 16.5. The molecular formula is C22H41N3O4. The summed E-state index contributed by atoms with van der Waals surface area (Å²) < 4.78 is 0. The second kappa shape index (κ2) is 7.82. The van der Waals surface area contributed by atoms with E-state index in [0.29, 0.717) is 25.7 Å². The third kappa shape index (κ3) is 6.40. The fraction of sp³-hybridized carbons (Fsp3) is 0.909. The summed E-state index contributed by atoms with van der Waals surface area (Å²) in [6, 6.07) is -0.930. The highest BCUT2D eigenvalue weighted by molar-refractivity contribution is 5.76. The molecule has 7 nitrogen and oxygen atoms in total. The third-order valence-corrected chi connectivity index (χ3v) is 6.23. The molecule has 1 atom stereocenters. The third-order valence-electron chi connectivity index (χ3n) is 6.23. The first-order valence-corrected chi connectivity index (χ1v) is 10.7. The van der Waals surface area contributed by atoms with Crippen molar-refractivity contribution in [3.63, 3.8) is 0 Å². The van der Waals surface area contributed by atoms with Gasteiger partial charge < -0.3 is 20.8 Å². The maximum absolute atomic E-state index is 12.5. The summed E-state index contributed by atoms with van der Waals surface area (Å²) in [5.41, 5.74) is -0.804. The molecular weight excluding hydrogens is 370 g/mol. The lowest BCUT2D eigenvalue weighted by molar-refractivity contribution is -0.153. The first kappa shape index (κ1) is 24.1. The fourth-order valence-corrected chi connectivity index (χ4v) is 6.35. The summed E-state index contributed by atoms with van der Waals surface area (Å²) >= 11 is 0. The van der Waals surface area contributed by atoms with Gasteiger partial charge in [-0.2, -0.15) is 0 Å². The molecule has 0 bridgehead atoms. The van der Waals surface area contributed by atoms with Crippen molar-refractivity contribution in [1.29, 1.82) is 0 Å². The Kier molecular flexibility index (Phi) is 6.50. The zero-order chi connectivity index (χ0) is 22.4. The van der Waals surface area contributed by atoms with E-state index in [4.69, 9.17) is 0 Å². The van der Waals surface area contributed by atoms with Gasteiger partial charge >= 0.3 is 11.9 Å². The molecule has 7 heteroatoms. The molecule has 0 saturated carbocycles. The first-order chi connectivity index (χ1) is 12.9. The van der Waals surface area contributed by atoms with Gasteiger partial charge in [0.1, 0.15) is 6.04 Å². The number of aliphatic carboxylic acids is 2. The summed E-state index contributed by atoms with van der Waals surface area (Å²) in [6.07, 6.45) is 2.82. The largest absolute Gasteiger partial charge is 0.480 e. The number of hydrogen-bond acceptors (Lipinski definition) is 5. The highest BCUT2D eigenvalue weighted by atomic mass is 16.4. The van der Waals surface area contributed by atoms with E-state index in [0.717, 1.165) is 0 Å². The van der Waals surface area contributed by atoms with Crippen LogP contribution in [0.25, 0.3) is 0 Å². The number of hydrogen-bond donors (Lipinski definition) is 4. The monoisotopic (exact) mass is 411 g/mol. The average molecular weight is 412 g/mol. The van der Waals surface area contributed by atoms with E-state index in [-0.39, 0.29) is 40.7 Å². The molecule has 2 fully saturated rings. The Hall–Kier alpha value is -1.18. The highest BCUT2D eigenvalue weighted by Crippen LogP contribution is 2.39. The number of piperidine rings is 2. The SMILES string of the molecule is CC1(C)CC(C(C(=O)O)N(CC(=O)O)C2CC(C)(C)NC(C)(C)C2)CC(C)(C)N1. The van der Waals surface area contributed by atoms with Gasteiger partial charge in [0.15, 0.2) is 0 Å². The molecule has 0 aromatic rings. The number of rotatable bonds is 6. The normalized spacial score (nSPS) is 27.5. The van der Waals surface area contributed by atoms with Gasteiger partial charge in [0.05, 0.1) is 6.54 Å². The number of carboxylic acids is 2. The quantitative estimate of drug-likeness (QED) is 0.533. The van der Waals surface area contributed by atoms with Gasteiger partial charge in [-0.1, -0.05) is 0 Å². The van der Waals surface area contributed by atoms with Crippen molar-refractivity contribution in [2.75, 3.05) is 6.54 Å². The van der Waals surface area contributed by atoms with Gasteiger partial charge in [-0.25, -0.2) is 0 Å². The lowest BCUT2D eigenvalue weighted by atomic mass is 9.71. The zero-order valence-electron chi connectivity index (χ0n) is 19.4. The molecule has 2 aliphatic rings. The minimum atomic E-state index is -0.974. The summed E-state index contributed by atoms with van der Waals surface area (Å²) in [5.74, 6) is -2.02. The standard InChI is InChI=1S/C22H41N3O4/c1-19(2)9-14(10-20(3,4)23-19)17(18(28)29)25(13-16(26)27)15-11-21(5,6)24-22(7,8)12-15/h14-15,17,23-24H,9-13H2,1-8H3,(H,26,27)(H,28,29).